The Labute approximate surface area is 139 Å². The summed E-state index contributed by atoms with van der Waals surface area (Å²) in [6.45, 7) is 1.57. The Morgan fingerprint density at radius 1 is 1.23 bits per heavy atom. The molecule has 2 aromatic heterocycles. The fourth-order valence-corrected chi connectivity index (χ4v) is 3.61. The fraction of sp³-hybridized carbons (Fsp3) is 0.125. The zero-order valence-corrected chi connectivity index (χ0v) is 14.1. The first kappa shape index (κ1) is 15.0. The molecule has 0 spiro atoms. The van der Waals surface area contributed by atoms with Gasteiger partial charge in [-0.2, -0.15) is 0 Å². The van der Waals surface area contributed by atoms with Crippen molar-refractivity contribution in [2.45, 2.75) is 6.92 Å². The first-order chi connectivity index (χ1) is 10.6. The Morgan fingerprint density at radius 3 is 2.73 bits per heavy atom. The molecule has 0 unspecified atom stereocenters. The molecule has 1 N–H and O–H groups in total. The van der Waals surface area contributed by atoms with Gasteiger partial charge in [-0.05, 0) is 41.1 Å². The molecule has 0 saturated heterocycles. The maximum atomic E-state index is 12.4. The van der Waals surface area contributed by atoms with E-state index in [1.165, 1.54) is 11.3 Å². The lowest BCUT2D eigenvalue weighted by Crippen LogP contribution is -2.14. The third-order valence-corrected chi connectivity index (χ3v) is 4.88. The number of hydrogen-bond donors (Lipinski definition) is 1. The summed E-state index contributed by atoms with van der Waals surface area (Å²) in [5, 5.41) is 0.847. The minimum Gasteiger partial charge on any atom is -0.453 e. The summed E-state index contributed by atoms with van der Waals surface area (Å²) in [5.74, 6) is -0.694. The molecule has 0 aliphatic heterocycles. The van der Waals surface area contributed by atoms with Crippen LogP contribution in [0.3, 0.4) is 0 Å². The van der Waals surface area contributed by atoms with Crippen molar-refractivity contribution in [2.24, 2.45) is 0 Å². The number of H-pyrrole nitrogens is 1. The van der Waals surface area contributed by atoms with E-state index < -0.39 is 5.97 Å². The van der Waals surface area contributed by atoms with E-state index in [2.05, 4.69) is 20.9 Å². The number of aryl methyl sites for hydroxylation is 1. The van der Waals surface area contributed by atoms with Gasteiger partial charge in [-0.15, -0.1) is 11.3 Å². The zero-order valence-electron chi connectivity index (χ0n) is 11.7. The molecule has 0 atom stereocenters. The number of benzene rings is 1. The molecule has 6 heteroatoms. The predicted octanol–water partition coefficient (Wildman–Crippen LogP) is 4.34. The molecule has 22 heavy (non-hydrogen) atoms. The van der Waals surface area contributed by atoms with Crippen molar-refractivity contribution >= 4 is 49.9 Å². The van der Waals surface area contributed by atoms with E-state index in [1.54, 1.807) is 12.1 Å². The number of ketones is 1. The molecule has 112 valence electrons. The van der Waals surface area contributed by atoms with E-state index in [4.69, 9.17) is 4.74 Å². The lowest BCUT2D eigenvalue weighted by Gasteiger charge is -2.03. The van der Waals surface area contributed by atoms with E-state index in [9.17, 15) is 9.59 Å². The molecule has 0 saturated carbocycles. The quantitative estimate of drug-likeness (QED) is 0.543. The van der Waals surface area contributed by atoms with Crippen LogP contribution in [0.15, 0.2) is 40.2 Å². The zero-order chi connectivity index (χ0) is 15.7. The number of esters is 1. The summed E-state index contributed by atoms with van der Waals surface area (Å²) in [5.41, 5.74) is 2.26. The number of para-hydroxylation sites is 1. The number of carbonyl (C=O) groups is 2. The number of aromatic amines is 1. The SMILES string of the molecule is Cc1[nH]c2ccccc2c1C(=O)COC(=O)c1ccc(Br)s1. The summed E-state index contributed by atoms with van der Waals surface area (Å²) in [4.78, 5) is 27.9. The number of aromatic nitrogens is 1. The third kappa shape index (κ3) is 2.84. The van der Waals surface area contributed by atoms with Gasteiger partial charge in [0, 0.05) is 22.2 Å². The molecule has 3 aromatic rings. The lowest BCUT2D eigenvalue weighted by molar-refractivity contribution is 0.0480. The van der Waals surface area contributed by atoms with Gasteiger partial charge in [0.05, 0.1) is 3.79 Å². The van der Waals surface area contributed by atoms with Crippen LogP contribution in [-0.2, 0) is 4.74 Å². The highest BCUT2D eigenvalue weighted by Gasteiger charge is 2.18. The second-order valence-electron chi connectivity index (χ2n) is 4.77. The second kappa shape index (κ2) is 6.06. The van der Waals surface area contributed by atoms with Gasteiger partial charge in [-0.1, -0.05) is 18.2 Å². The topological polar surface area (TPSA) is 59.2 Å². The van der Waals surface area contributed by atoms with Gasteiger partial charge in [0.1, 0.15) is 4.88 Å². The fourth-order valence-electron chi connectivity index (χ4n) is 2.33. The molecule has 4 nitrogen and oxygen atoms in total. The highest BCUT2D eigenvalue weighted by atomic mass is 79.9. The van der Waals surface area contributed by atoms with Gasteiger partial charge in [-0.3, -0.25) is 4.79 Å². The molecule has 0 amide bonds. The van der Waals surface area contributed by atoms with Crippen LogP contribution in [0.2, 0.25) is 0 Å². The molecule has 3 rings (SSSR count). The van der Waals surface area contributed by atoms with Crippen LogP contribution in [-0.4, -0.2) is 23.3 Å². The van der Waals surface area contributed by atoms with Crippen molar-refractivity contribution in [1.82, 2.24) is 4.98 Å². The number of ether oxygens (including phenoxy) is 1. The molecular formula is C16H12BrNO3S. The largest absolute Gasteiger partial charge is 0.453 e. The minimum atomic E-state index is -0.485. The Hall–Kier alpha value is -1.92. The predicted molar refractivity (Wildman–Crippen MR) is 89.7 cm³/mol. The number of nitrogens with one attached hydrogen (secondary N) is 1. The van der Waals surface area contributed by atoms with Crippen molar-refractivity contribution in [3.63, 3.8) is 0 Å². The molecule has 0 aliphatic carbocycles. The van der Waals surface area contributed by atoms with Crippen molar-refractivity contribution in [2.75, 3.05) is 6.61 Å². The minimum absolute atomic E-state index is 0.209. The van der Waals surface area contributed by atoms with E-state index in [-0.39, 0.29) is 12.4 Å². The Balaban J connectivity index is 1.76. The molecule has 0 aliphatic rings. The summed E-state index contributed by atoms with van der Waals surface area (Å²) >= 11 is 4.56. The van der Waals surface area contributed by atoms with Gasteiger partial charge in [-0.25, -0.2) is 4.79 Å². The second-order valence-corrected chi connectivity index (χ2v) is 7.24. The van der Waals surface area contributed by atoms with Crippen LogP contribution in [0.5, 0.6) is 0 Å². The van der Waals surface area contributed by atoms with Crippen LogP contribution < -0.4 is 0 Å². The van der Waals surface area contributed by atoms with Gasteiger partial charge >= 0.3 is 5.97 Å². The van der Waals surface area contributed by atoms with Crippen molar-refractivity contribution in [1.29, 1.82) is 0 Å². The van der Waals surface area contributed by atoms with Gasteiger partial charge in [0.15, 0.2) is 6.61 Å². The smallest absolute Gasteiger partial charge is 0.348 e. The van der Waals surface area contributed by atoms with Crippen LogP contribution in [0, 0.1) is 6.92 Å². The van der Waals surface area contributed by atoms with Crippen molar-refractivity contribution < 1.29 is 14.3 Å². The van der Waals surface area contributed by atoms with Gasteiger partial charge in [0.25, 0.3) is 0 Å². The van der Waals surface area contributed by atoms with Crippen LogP contribution in [0.1, 0.15) is 25.7 Å². The monoisotopic (exact) mass is 377 g/mol. The maximum absolute atomic E-state index is 12.4. The van der Waals surface area contributed by atoms with Crippen LogP contribution in [0.4, 0.5) is 0 Å². The molecule has 1 aromatic carbocycles. The summed E-state index contributed by atoms with van der Waals surface area (Å²) in [6, 6.07) is 11.0. The van der Waals surface area contributed by atoms with E-state index in [1.807, 2.05) is 31.2 Å². The number of thiophene rings is 1. The van der Waals surface area contributed by atoms with E-state index in [0.29, 0.717) is 10.4 Å². The summed E-state index contributed by atoms with van der Waals surface area (Å²) < 4.78 is 5.96. The van der Waals surface area contributed by atoms with Crippen LogP contribution in [0.25, 0.3) is 10.9 Å². The number of halogens is 1. The third-order valence-electron chi connectivity index (χ3n) is 3.28. The van der Waals surface area contributed by atoms with Crippen molar-refractivity contribution in [3.05, 3.63) is 56.3 Å². The Kier molecular flexibility index (Phi) is 4.13. The maximum Gasteiger partial charge on any atom is 0.348 e. The Bertz CT molecular complexity index is 865. The normalized spacial score (nSPS) is 10.8. The first-order valence-corrected chi connectivity index (χ1v) is 8.20. The lowest BCUT2D eigenvalue weighted by atomic mass is 10.1. The van der Waals surface area contributed by atoms with E-state index in [0.717, 1.165) is 20.4 Å². The standard InChI is InChI=1S/C16H12BrNO3S/c1-9-15(10-4-2-3-5-11(10)18-9)12(19)8-21-16(20)13-6-7-14(17)22-13/h2-7,18H,8H2,1H3. The first-order valence-electron chi connectivity index (χ1n) is 6.59. The molecular weight excluding hydrogens is 366 g/mol. The number of carbonyl (C=O) groups excluding carboxylic acids is 2. The molecule has 0 bridgehead atoms. The molecule has 0 fully saturated rings. The Morgan fingerprint density at radius 2 is 2.00 bits per heavy atom. The van der Waals surface area contributed by atoms with Crippen LogP contribution >= 0.6 is 27.3 Å². The number of hydrogen-bond acceptors (Lipinski definition) is 4. The van der Waals surface area contributed by atoms with Gasteiger partial charge < -0.3 is 9.72 Å². The van der Waals surface area contributed by atoms with Crippen molar-refractivity contribution in [3.8, 4) is 0 Å². The van der Waals surface area contributed by atoms with E-state index >= 15 is 0 Å². The molecule has 2 heterocycles. The number of rotatable bonds is 4. The highest BCUT2D eigenvalue weighted by molar-refractivity contribution is 9.11. The summed E-state index contributed by atoms with van der Waals surface area (Å²) in [6.07, 6.45) is 0. The summed E-state index contributed by atoms with van der Waals surface area (Å²) in [7, 11) is 0. The highest BCUT2D eigenvalue weighted by Crippen LogP contribution is 2.24. The van der Waals surface area contributed by atoms with Gasteiger partial charge in [0.2, 0.25) is 5.78 Å². The number of Topliss-reactive ketones (excluding diaryl/α,β-unsaturated/α-hetero) is 1. The average molecular weight is 378 g/mol. The molecule has 0 radical (unpaired) electrons. The number of fused-ring (bicyclic) bond motifs is 1. The average Bonchev–Trinajstić information content (AvgIpc) is 3.07.